The molecule has 2 unspecified atom stereocenters. The molecule has 0 aliphatic rings. The van der Waals surface area contributed by atoms with Gasteiger partial charge in [0.25, 0.3) is 0 Å². The third-order valence-corrected chi connectivity index (χ3v) is 2.55. The van der Waals surface area contributed by atoms with Crippen molar-refractivity contribution in [3.8, 4) is 0 Å². The van der Waals surface area contributed by atoms with Gasteiger partial charge in [0.1, 0.15) is 5.38 Å². The average Bonchev–Trinajstić information content (AvgIpc) is 2.12. The molecule has 0 saturated heterocycles. The first-order valence-corrected chi connectivity index (χ1v) is 6.62. The number of hydrogen-bond acceptors (Lipinski definition) is 3. The molecule has 0 rings (SSSR count). The Hall–Kier alpha value is -0.620. The Bertz CT molecular complexity index is 258. The van der Waals surface area contributed by atoms with Gasteiger partial charge in [-0.1, -0.05) is 0 Å². The number of hydrogen-bond donors (Lipinski definition) is 2. The summed E-state index contributed by atoms with van der Waals surface area (Å²) in [6.07, 6.45) is 2.21. The van der Waals surface area contributed by atoms with Crippen molar-refractivity contribution in [1.82, 2.24) is 10.6 Å². The van der Waals surface area contributed by atoms with Gasteiger partial charge in [0, 0.05) is 29.4 Å². The van der Waals surface area contributed by atoms with E-state index in [1.165, 1.54) is 6.92 Å². The smallest absolute Gasteiger partial charge is 0.321 e. The number of alkyl halides is 1. The molecular formula is C8H15ClN2O3S. The number of urea groups is 1. The van der Waals surface area contributed by atoms with Crippen LogP contribution in [0.5, 0.6) is 0 Å². The van der Waals surface area contributed by atoms with E-state index >= 15 is 0 Å². The zero-order chi connectivity index (χ0) is 11.8. The van der Waals surface area contributed by atoms with Crippen LogP contribution in [0.2, 0.25) is 0 Å². The molecule has 0 spiro atoms. The maximum atomic E-state index is 11.0. The Kier molecular flexibility index (Phi) is 7.33. The van der Waals surface area contributed by atoms with Crippen molar-refractivity contribution in [3.05, 3.63) is 0 Å². The fraction of sp³-hybridized carbons (Fsp3) is 0.750. The van der Waals surface area contributed by atoms with E-state index in [0.29, 0.717) is 18.7 Å². The molecule has 2 N–H and O–H groups in total. The lowest BCUT2D eigenvalue weighted by Crippen LogP contribution is -2.42. The lowest BCUT2D eigenvalue weighted by Gasteiger charge is -2.06. The molecule has 0 fully saturated rings. The van der Waals surface area contributed by atoms with E-state index in [1.807, 2.05) is 0 Å². The summed E-state index contributed by atoms with van der Waals surface area (Å²) in [6.45, 7) is 1.86. The summed E-state index contributed by atoms with van der Waals surface area (Å²) >= 11 is 5.44. The minimum atomic E-state index is -0.858. The third kappa shape index (κ3) is 8.38. The van der Waals surface area contributed by atoms with E-state index in [1.54, 1.807) is 6.26 Å². The van der Waals surface area contributed by atoms with Crippen molar-refractivity contribution < 1.29 is 13.8 Å². The van der Waals surface area contributed by atoms with E-state index in [-0.39, 0.29) is 0 Å². The van der Waals surface area contributed by atoms with Gasteiger partial charge in [0.05, 0.1) is 0 Å². The van der Waals surface area contributed by atoms with Crippen molar-refractivity contribution in [1.29, 1.82) is 0 Å². The molecule has 0 bridgehead atoms. The summed E-state index contributed by atoms with van der Waals surface area (Å²) in [6, 6.07) is -0.575. The van der Waals surface area contributed by atoms with Gasteiger partial charge in [-0.05, 0) is 13.3 Å². The molecule has 0 aromatic rings. The second-order valence-corrected chi connectivity index (χ2v) is 5.20. The maximum absolute atomic E-state index is 11.0. The number of rotatable bonds is 5. The maximum Gasteiger partial charge on any atom is 0.321 e. The predicted molar refractivity (Wildman–Crippen MR) is 60.4 cm³/mol. The van der Waals surface area contributed by atoms with Crippen molar-refractivity contribution >= 4 is 34.3 Å². The van der Waals surface area contributed by atoms with Gasteiger partial charge in [-0.15, -0.1) is 11.6 Å². The Morgan fingerprint density at radius 2 is 2.07 bits per heavy atom. The molecule has 88 valence electrons. The topological polar surface area (TPSA) is 75.3 Å². The molecule has 0 aromatic heterocycles. The number of amides is 3. The van der Waals surface area contributed by atoms with Crippen LogP contribution in [0.1, 0.15) is 13.3 Å². The molecule has 7 heteroatoms. The molecule has 0 radical (unpaired) electrons. The van der Waals surface area contributed by atoms with E-state index in [4.69, 9.17) is 11.6 Å². The van der Waals surface area contributed by atoms with Gasteiger partial charge in [-0.2, -0.15) is 0 Å². The first-order valence-electron chi connectivity index (χ1n) is 4.46. The van der Waals surface area contributed by atoms with Crippen LogP contribution in [0.4, 0.5) is 4.79 Å². The molecule has 15 heavy (non-hydrogen) atoms. The SMILES string of the molecule is CC(Cl)C(=O)NC(=O)NCCCS(C)=O. The van der Waals surface area contributed by atoms with Crippen LogP contribution in [0.3, 0.4) is 0 Å². The minimum absolute atomic E-state index is 0.384. The zero-order valence-electron chi connectivity index (χ0n) is 8.71. The molecule has 3 amide bonds. The first-order chi connectivity index (χ1) is 6.93. The molecular weight excluding hydrogens is 240 g/mol. The summed E-state index contributed by atoms with van der Waals surface area (Å²) in [5.41, 5.74) is 0. The normalized spacial score (nSPS) is 14.1. The van der Waals surface area contributed by atoms with Gasteiger partial charge in [-0.3, -0.25) is 14.3 Å². The number of imide groups is 1. The van der Waals surface area contributed by atoms with E-state index in [2.05, 4.69) is 10.6 Å². The lowest BCUT2D eigenvalue weighted by molar-refractivity contribution is -0.119. The summed E-state index contributed by atoms with van der Waals surface area (Å²) in [4.78, 5) is 22.0. The van der Waals surface area contributed by atoms with Gasteiger partial charge in [0.15, 0.2) is 0 Å². The van der Waals surface area contributed by atoms with Gasteiger partial charge in [0.2, 0.25) is 5.91 Å². The highest BCUT2D eigenvalue weighted by Crippen LogP contribution is 1.91. The van der Waals surface area contributed by atoms with Crippen LogP contribution in [0, 0.1) is 0 Å². The Morgan fingerprint density at radius 3 is 2.53 bits per heavy atom. The fourth-order valence-corrected chi connectivity index (χ4v) is 1.34. The Labute approximate surface area is 96.4 Å². The highest BCUT2D eigenvalue weighted by molar-refractivity contribution is 7.84. The van der Waals surface area contributed by atoms with Crippen molar-refractivity contribution in [2.45, 2.75) is 18.7 Å². The van der Waals surface area contributed by atoms with E-state index in [0.717, 1.165) is 0 Å². The standard InChI is InChI=1S/C8H15ClN2O3S/c1-6(9)7(12)11-8(13)10-4-3-5-15(2)14/h6H,3-5H2,1-2H3,(H2,10,11,12,13). The molecule has 0 aromatic carbocycles. The monoisotopic (exact) mass is 254 g/mol. The summed E-state index contributed by atoms with van der Waals surface area (Å²) in [7, 11) is -0.858. The molecule has 5 nitrogen and oxygen atoms in total. The molecule has 0 saturated carbocycles. The van der Waals surface area contributed by atoms with Crippen LogP contribution in [0.15, 0.2) is 0 Å². The van der Waals surface area contributed by atoms with Gasteiger partial charge >= 0.3 is 6.03 Å². The third-order valence-electron chi connectivity index (χ3n) is 1.49. The average molecular weight is 255 g/mol. The second kappa shape index (κ2) is 7.64. The van der Waals surface area contributed by atoms with E-state index < -0.39 is 28.1 Å². The highest BCUT2D eigenvalue weighted by Gasteiger charge is 2.11. The first kappa shape index (κ1) is 14.4. The molecule has 2 atom stereocenters. The molecule has 0 aliphatic carbocycles. The van der Waals surface area contributed by atoms with Crippen molar-refractivity contribution in [2.24, 2.45) is 0 Å². The number of nitrogens with one attached hydrogen (secondary N) is 2. The molecule has 0 heterocycles. The predicted octanol–water partition coefficient (Wildman–Crippen LogP) is 0.208. The fourth-order valence-electron chi connectivity index (χ4n) is 0.733. The largest absolute Gasteiger partial charge is 0.338 e. The highest BCUT2D eigenvalue weighted by atomic mass is 35.5. The van der Waals surface area contributed by atoms with Crippen LogP contribution in [-0.4, -0.2) is 40.1 Å². The van der Waals surface area contributed by atoms with Crippen molar-refractivity contribution in [3.63, 3.8) is 0 Å². The number of halogens is 1. The minimum Gasteiger partial charge on any atom is -0.338 e. The van der Waals surface area contributed by atoms with Crippen LogP contribution in [-0.2, 0) is 15.6 Å². The number of carbonyl (C=O) groups is 2. The Morgan fingerprint density at radius 1 is 1.47 bits per heavy atom. The van der Waals surface area contributed by atoms with Crippen molar-refractivity contribution in [2.75, 3.05) is 18.6 Å². The van der Waals surface area contributed by atoms with E-state index in [9.17, 15) is 13.8 Å². The van der Waals surface area contributed by atoms with Gasteiger partial charge < -0.3 is 5.32 Å². The number of carbonyl (C=O) groups excluding carboxylic acids is 2. The lowest BCUT2D eigenvalue weighted by atomic mass is 10.4. The van der Waals surface area contributed by atoms with Crippen LogP contribution >= 0.6 is 11.6 Å². The summed E-state index contributed by atoms with van der Waals surface area (Å²) in [5.74, 6) is -0.00613. The second-order valence-electron chi connectivity index (χ2n) is 2.99. The van der Waals surface area contributed by atoms with Gasteiger partial charge in [-0.25, -0.2) is 4.79 Å². The molecule has 0 aliphatic heterocycles. The van der Waals surface area contributed by atoms with Crippen LogP contribution in [0.25, 0.3) is 0 Å². The van der Waals surface area contributed by atoms with Crippen LogP contribution < -0.4 is 10.6 Å². The summed E-state index contributed by atoms with van der Waals surface area (Å²) in [5, 5.41) is 3.79. The zero-order valence-corrected chi connectivity index (χ0v) is 10.3. The Balaban J connectivity index is 3.58. The summed E-state index contributed by atoms with van der Waals surface area (Å²) < 4.78 is 10.7. The quantitative estimate of drug-likeness (QED) is 0.544.